The van der Waals surface area contributed by atoms with Gasteiger partial charge in [0.1, 0.15) is 11.5 Å². The topological polar surface area (TPSA) is 71.1 Å². The molecule has 0 fully saturated rings. The van der Waals surface area contributed by atoms with Crippen LogP contribution in [0, 0.1) is 10.4 Å². The third kappa shape index (κ3) is 2.43. The normalized spacial score (nSPS) is 13.8. The average molecular weight is 300 g/mol. The van der Waals surface area contributed by atoms with Crippen molar-refractivity contribution < 1.29 is 9.47 Å². The Morgan fingerprint density at radius 3 is 1.55 bits per heavy atom. The Bertz CT molecular complexity index is 630. The molecule has 116 valence electrons. The van der Waals surface area contributed by atoms with Gasteiger partial charge in [-0.2, -0.15) is 0 Å². The average Bonchev–Trinajstić information content (AvgIpc) is 2.57. The fraction of sp³-hybridized carbons (Fsp3) is 0.250. The van der Waals surface area contributed by atoms with E-state index in [1.54, 1.807) is 50.6 Å². The van der Waals surface area contributed by atoms with Gasteiger partial charge in [-0.05, 0) is 60.4 Å². The lowest BCUT2D eigenvalue weighted by Gasteiger charge is -2.50. The number of nitrogens with zero attached hydrogens (tertiary/aromatic N) is 2. The number of methoxy groups -OCH3 is 2. The van der Waals surface area contributed by atoms with Gasteiger partial charge in [0, 0.05) is 11.4 Å². The summed E-state index contributed by atoms with van der Waals surface area (Å²) in [5, 5.41) is 25.5. The quantitative estimate of drug-likeness (QED) is 0.849. The molecule has 3 rings (SSSR count). The fourth-order valence-electron chi connectivity index (χ4n) is 2.62. The molecule has 0 saturated heterocycles. The highest BCUT2D eigenvalue weighted by Crippen LogP contribution is 2.35. The number of benzene rings is 2. The minimum Gasteiger partial charge on any atom is -0.739 e. The van der Waals surface area contributed by atoms with Gasteiger partial charge < -0.3 is 30.2 Å². The van der Waals surface area contributed by atoms with E-state index in [4.69, 9.17) is 9.47 Å². The molecule has 0 aromatic heterocycles. The lowest BCUT2D eigenvalue weighted by molar-refractivity contribution is 0.413. The van der Waals surface area contributed by atoms with Crippen LogP contribution < -0.4 is 19.8 Å². The molecule has 0 aliphatic carbocycles. The van der Waals surface area contributed by atoms with Gasteiger partial charge >= 0.3 is 0 Å². The maximum absolute atomic E-state index is 12.4. The third-order valence-electron chi connectivity index (χ3n) is 3.81. The third-order valence-corrected chi connectivity index (χ3v) is 3.81. The second-order valence-corrected chi connectivity index (χ2v) is 5.04. The molecule has 6 nitrogen and oxygen atoms in total. The highest BCUT2D eigenvalue weighted by atomic mass is 16.7. The Morgan fingerprint density at radius 1 is 0.773 bits per heavy atom. The lowest BCUT2D eigenvalue weighted by Crippen LogP contribution is -2.36. The van der Waals surface area contributed by atoms with Gasteiger partial charge in [-0.25, -0.2) is 0 Å². The zero-order valence-corrected chi connectivity index (χ0v) is 12.4. The number of hydrogen-bond acceptors (Lipinski definition) is 6. The summed E-state index contributed by atoms with van der Waals surface area (Å²) in [6.45, 7) is 0. The van der Waals surface area contributed by atoms with Crippen LogP contribution in [0.4, 0.5) is 11.4 Å². The van der Waals surface area contributed by atoms with Crippen molar-refractivity contribution in [2.24, 2.45) is 0 Å². The van der Waals surface area contributed by atoms with E-state index in [2.05, 4.69) is 0 Å². The minimum atomic E-state index is 0.345. The number of hydrogen-bond donors (Lipinski definition) is 0. The van der Waals surface area contributed by atoms with E-state index < -0.39 is 0 Å². The molecule has 0 unspecified atom stereocenters. The van der Waals surface area contributed by atoms with E-state index >= 15 is 0 Å². The second-order valence-electron chi connectivity index (χ2n) is 5.04. The first-order valence-electron chi connectivity index (χ1n) is 6.92. The Balaban J connectivity index is 2.05. The number of rotatable bonds is 2. The van der Waals surface area contributed by atoms with Crippen molar-refractivity contribution in [3.05, 3.63) is 57.9 Å². The first kappa shape index (κ1) is 14.5. The molecule has 1 heterocycles. The second kappa shape index (κ2) is 5.75. The summed E-state index contributed by atoms with van der Waals surface area (Å²) in [6, 6.07) is 10.2. The Morgan fingerprint density at radius 2 is 1.18 bits per heavy atom. The van der Waals surface area contributed by atoms with Gasteiger partial charge in [0.05, 0.1) is 14.2 Å². The Kier molecular flexibility index (Phi) is 3.79. The molecule has 2 aromatic carbocycles. The monoisotopic (exact) mass is 300 g/mol. The SMILES string of the molecule is COc1ccc2c(c1)CCc1cc(OC)ccc1N([O-])N2[O-]. The van der Waals surface area contributed by atoms with E-state index in [-0.39, 0.29) is 0 Å². The van der Waals surface area contributed by atoms with E-state index in [0.717, 1.165) is 11.1 Å². The maximum atomic E-state index is 12.4. The van der Waals surface area contributed by atoms with Crippen molar-refractivity contribution in [1.82, 2.24) is 0 Å². The molecule has 2 aromatic rings. The van der Waals surface area contributed by atoms with Crippen LogP contribution in [0.3, 0.4) is 0 Å². The largest absolute Gasteiger partial charge is 0.739 e. The van der Waals surface area contributed by atoms with E-state index in [0.29, 0.717) is 46.1 Å². The summed E-state index contributed by atoms with van der Waals surface area (Å²) in [5.41, 5.74) is 2.25. The first-order valence-corrected chi connectivity index (χ1v) is 6.92. The van der Waals surface area contributed by atoms with Gasteiger partial charge in [-0.3, -0.25) is 0 Å². The molecule has 1 aliphatic rings. The van der Waals surface area contributed by atoms with Crippen molar-refractivity contribution in [2.45, 2.75) is 12.8 Å². The molecule has 0 saturated carbocycles. The van der Waals surface area contributed by atoms with Crippen LogP contribution in [0.25, 0.3) is 0 Å². The molecule has 0 spiro atoms. The molecular weight excluding hydrogens is 284 g/mol. The van der Waals surface area contributed by atoms with Crippen molar-refractivity contribution in [2.75, 3.05) is 24.6 Å². The Hall–Kier alpha value is -2.44. The molecule has 0 radical (unpaired) electrons. The molecule has 0 bridgehead atoms. The summed E-state index contributed by atoms with van der Waals surface area (Å²) in [4.78, 5) is 0. The van der Waals surface area contributed by atoms with Crippen LogP contribution >= 0.6 is 0 Å². The molecule has 6 heteroatoms. The van der Waals surface area contributed by atoms with Crippen LogP contribution in [0.1, 0.15) is 11.1 Å². The van der Waals surface area contributed by atoms with Crippen molar-refractivity contribution >= 4 is 11.4 Å². The maximum Gasteiger partial charge on any atom is 0.119 e. The summed E-state index contributed by atoms with van der Waals surface area (Å²) in [5.74, 6) is 1.33. The lowest BCUT2D eigenvalue weighted by atomic mass is 10.00. The zero-order valence-electron chi connectivity index (χ0n) is 12.4. The smallest absolute Gasteiger partial charge is 0.119 e. The van der Waals surface area contributed by atoms with Crippen LogP contribution in [0.5, 0.6) is 11.5 Å². The molecular formula is C16H16N2O4-2. The first-order chi connectivity index (χ1) is 10.6. The number of ether oxygens (including phenoxy) is 2. The summed E-state index contributed by atoms with van der Waals surface area (Å²) < 4.78 is 10.4. The predicted molar refractivity (Wildman–Crippen MR) is 85.1 cm³/mol. The van der Waals surface area contributed by atoms with Gasteiger partial charge in [0.25, 0.3) is 0 Å². The van der Waals surface area contributed by atoms with Crippen LogP contribution in [0.2, 0.25) is 0 Å². The fourth-order valence-corrected chi connectivity index (χ4v) is 2.62. The van der Waals surface area contributed by atoms with Gasteiger partial charge in [-0.15, -0.1) is 0 Å². The van der Waals surface area contributed by atoms with Gasteiger partial charge in [-0.1, -0.05) is 0 Å². The van der Waals surface area contributed by atoms with Gasteiger partial charge in [0.15, 0.2) is 0 Å². The van der Waals surface area contributed by atoms with Gasteiger partial charge in [0.2, 0.25) is 0 Å². The van der Waals surface area contributed by atoms with Crippen LogP contribution in [-0.2, 0) is 12.8 Å². The summed E-state index contributed by atoms with van der Waals surface area (Å²) in [7, 11) is 3.14. The Labute approximate surface area is 128 Å². The van der Waals surface area contributed by atoms with E-state index in [9.17, 15) is 10.4 Å². The standard InChI is InChI=1S/C16H16N2O4/c1-21-13-5-7-15-11(9-13)3-4-12-10-14(22-2)6-8-16(12)18(20)17(15)19/h5-10H,3-4H2,1-2H3/q-2. The highest BCUT2D eigenvalue weighted by molar-refractivity contribution is 5.68. The number of anilines is 2. The molecule has 0 amide bonds. The molecule has 1 aliphatic heterocycles. The van der Waals surface area contributed by atoms with E-state index in [1.807, 2.05) is 0 Å². The van der Waals surface area contributed by atoms with Crippen molar-refractivity contribution in [3.8, 4) is 11.5 Å². The highest BCUT2D eigenvalue weighted by Gasteiger charge is 2.15. The summed E-state index contributed by atoms with van der Waals surface area (Å²) >= 11 is 0. The number of fused-ring (bicyclic) bond motifs is 2. The van der Waals surface area contributed by atoms with E-state index in [1.165, 1.54) is 0 Å². The molecule has 0 N–H and O–H groups in total. The zero-order chi connectivity index (χ0) is 15.7. The van der Waals surface area contributed by atoms with Crippen molar-refractivity contribution in [3.63, 3.8) is 0 Å². The number of hydrazine groups is 1. The molecule has 0 atom stereocenters. The summed E-state index contributed by atoms with van der Waals surface area (Å²) in [6.07, 6.45) is 1.28. The molecule has 22 heavy (non-hydrogen) atoms. The van der Waals surface area contributed by atoms with Crippen LogP contribution in [0.15, 0.2) is 36.4 Å². The van der Waals surface area contributed by atoms with Crippen molar-refractivity contribution in [1.29, 1.82) is 0 Å². The predicted octanol–water partition coefficient (Wildman–Crippen LogP) is 3.03. The van der Waals surface area contributed by atoms with Crippen LogP contribution in [-0.4, -0.2) is 14.2 Å². The minimum absolute atomic E-state index is 0.345. The number of aryl methyl sites for hydroxylation is 2.